The van der Waals surface area contributed by atoms with Gasteiger partial charge in [0, 0.05) is 31.5 Å². The lowest BCUT2D eigenvalue weighted by Crippen LogP contribution is -2.40. The predicted molar refractivity (Wildman–Crippen MR) is 77.4 cm³/mol. The van der Waals surface area contributed by atoms with Crippen molar-refractivity contribution in [3.63, 3.8) is 0 Å². The number of morpholine rings is 1. The summed E-state index contributed by atoms with van der Waals surface area (Å²) in [6, 6.07) is 4.74. The lowest BCUT2D eigenvalue weighted by atomic mass is 10.1. The quantitative estimate of drug-likeness (QED) is 0.803. The van der Waals surface area contributed by atoms with Gasteiger partial charge in [-0.2, -0.15) is 0 Å². The summed E-state index contributed by atoms with van der Waals surface area (Å²) in [6.07, 6.45) is 0.382. The summed E-state index contributed by atoms with van der Waals surface area (Å²) >= 11 is 11.7. The fourth-order valence-corrected chi connectivity index (χ4v) is 2.30. The van der Waals surface area contributed by atoms with Crippen molar-refractivity contribution in [2.75, 3.05) is 26.3 Å². The third kappa shape index (κ3) is 3.95. The molecule has 20 heavy (non-hydrogen) atoms. The molecule has 1 saturated heterocycles. The molecule has 0 aliphatic carbocycles. The number of nitrogens with zero attached hydrogens (tertiary/aromatic N) is 1. The number of rotatable bonds is 4. The zero-order valence-electron chi connectivity index (χ0n) is 10.9. The van der Waals surface area contributed by atoms with Gasteiger partial charge < -0.3 is 9.64 Å². The summed E-state index contributed by atoms with van der Waals surface area (Å²) in [5.41, 5.74) is 0.481. The number of benzene rings is 1. The van der Waals surface area contributed by atoms with Crippen molar-refractivity contribution in [3.8, 4) is 0 Å². The first-order valence-corrected chi connectivity index (χ1v) is 7.17. The topological polar surface area (TPSA) is 46.6 Å². The first-order valence-electron chi connectivity index (χ1n) is 6.41. The molecule has 1 heterocycles. The molecule has 1 aliphatic rings. The Morgan fingerprint density at radius 3 is 2.45 bits per heavy atom. The van der Waals surface area contributed by atoms with E-state index in [2.05, 4.69) is 0 Å². The minimum atomic E-state index is -0.106. The summed E-state index contributed by atoms with van der Waals surface area (Å²) in [5.74, 6) is -0.119. The minimum Gasteiger partial charge on any atom is -0.378 e. The van der Waals surface area contributed by atoms with Gasteiger partial charge in [-0.1, -0.05) is 23.2 Å². The molecule has 1 aromatic rings. The molecule has 2 rings (SSSR count). The van der Waals surface area contributed by atoms with E-state index in [1.807, 2.05) is 0 Å². The molecule has 0 N–H and O–H groups in total. The Balaban J connectivity index is 1.88. The average molecular weight is 316 g/mol. The molecule has 0 aromatic heterocycles. The summed E-state index contributed by atoms with van der Waals surface area (Å²) in [6.45, 7) is 2.32. The van der Waals surface area contributed by atoms with Crippen molar-refractivity contribution in [1.82, 2.24) is 4.90 Å². The van der Waals surface area contributed by atoms with Crippen LogP contribution in [-0.4, -0.2) is 42.9 Å². The summed E-state index contributed by atoms with van der Waals surface area (Å²) in [5, 5.41) is 0.754. The van der Waals surface area contributed by atoms with E-state index in [4.69, 9.17) is 27.9 Å². The lowest BCUT2D eigenvalue weighted by Gasteiger charge is -2.26. The van der Waals surface area contributed by atoms with Crippen LogP contribution in [0.4, 0.5) is 0 Å². The number of hydrogen-bond acceptors (Lipinski definition) is 3. The smallest absolute Gasteiger partial charge is 0.223 e. The van der Waals surface area contributed by atoms with Crippen LogP contribution < -0.4 is 0 Å². The van der Waals surface area contributed by atoms with Gasteiger partial charge in [-0.15, -0.1) is 0 Å². The van der Waals surface area contributed by atoms with Gasteiger partial charge >= 0.3 is 0 Å². The Morgan fingerprint density at radius 2 is 1.80 bits per heavy atom. The molecule has 0 bridgehead atoms. The van der Waals surface area contributed by atoms with Crippen LogP contribution in [0, 0.1) is 0 Å². The van der Waals surface area contributed by atoms with Crippen molar-refractivity contribution >= 4 is 34.9 Å². The second-order valence-corrected chi connectivity index (χ2v) is 5.36. The Morgan fingerprint density at radius 1 is 1.10 bits per heavy atom. The van der Waals surface area contributed by atoms with E-state index < -0.39 is 0 Å². The molecule has 0 saturated carbocycles. The molecule has 1 aromatic carbocycles. The highest BCUT2D eigenvalue weighted by Crippen LogP contribution is 2.23. The maximum atomic E-state index is 12.0. The molecular formula is C14H15Cl2NO3. The van der Waals surface area contributed by atoms with Crippen LogP contribution in [0.1, 0.15) is 23.2 Å². The SMILES string of the molecule is O=C(CCC(=O)N1CCOCC1)c1ccc(Cl)c(Cl)c1. The van der Waals surface area contributed by atoms with Crippen LogP contribution >= 0.6 is 23.2 Å². The highest BCUT2D eigenvalue weighted by Gasteiger charge is 2.18. The molecule has 0 radical (unpaired) electrons. The van der Waals surface area contributed by atoms with Gasteiger partial charge in [0.05, 0.1) is 23.3 Å². The van der Waals surface area contributed by atoms with Gasteiger partial charge in [-0.25, -0.2) is 0 Å². The van der Waals surface area contributed by atoms with Crippen LogP contribution in [0.2, 0.25) is 10.0 Å². The number of carbonyl (C=O) groups excluding carboxylic acids is 2. The molecule has 0 spiro atoms. The largest absolute Gasteiger partial charge is 0.378 e. The first kappa shape index (κ1) is 15.3. The molecule has 0 unspecified atom stereocenters. The Labute approximate surface area is 127 Å². The number of ether oxygens (including phenoxy) is 1. The van der Waals surface area contributed by atoms with Crippen LogP contribution in [0.3, 0.4) is 0 Å². The number of amides is 1. The molecule has 1 amide bonds. The molecular weight excluding hydrogens is 301 g/mol. The zero-order chi connectivity index (χ0) is 14.5. The number of Topliss-reactive ketones (excluding diaryl/α,β-unsaturated/α-hetero) is 1. The van der Waals surface area contributed by atoms with E-state index >= 15 is 0 Å². The second-order valence-electron chi connectivity index (χ2n) is 4.55. The van der Waals surface area contributed by atoms with Gasteiger partial charge in [0.15, 0.2) is 5.78 Å². The van der Waals surface area contributed by atoms with Gasteiger partial charge in [-0.3, -0.25) is 9.59 Å². The fourth-order valence-electron chi connectivity index (χ4n) is 2.01. The van der Waals surface area contributed by atoms with E-state index in [0.29, 0.717) is 41.9 Å². The molecule has 0 atom stereocenters. The van der Waals surface area contributed by atoms with E-state index in [0.717, 1.165) is 0 Å². The lowest BCUT2D eigenvalue weighted by molar-refractivity contribution is -0.135. The van der Waals surface area contributed by atoms with Crippen molar-refractivity contribution in [2.24, 2.45) is 0 Å². The Bertz CT molecular complexity index is 513. The molecule has 1 aliphatic heterocycles. The maximum absolute atomic E-state index is 12.0. The third-order valence-electron chi connectivity index (χ3n) is 3.17. The first-order chi connectivity index (χ1) is 9.58. The van der Waals surface area contributed by atoms with Crippen LogP contribution in [-0.2, 0) is 9.53 Å². The number of hydrogen-bond donors (Lipinski definition) is 0. The number of carbonyl (C=O) groups is 2. The summed E-state index contributed by atoms with van der Waals surface area (Å²) < 4.78 is 5.18. The number of halogens is 2. The summed E-state index contributed by atoms with van der Waals surface area (Å²) in [4.78, 5) is 25.7. The van der Waals surface area contributed by atoms with E-state index in [1.165, 1.54) is 6.07 Å². The van der Waals surface area contributed by atoms with E-state index in [-0.39, 0.29) is 24.5 Å². The highest BCUT2D eigenvalue weighted by atomic mass is 35.5. The van der Waals surface area contributed by atoms with Gasteiger partial charge in [0.1, 0.15) is 0 Å². The van der Waals surface area contributed by atoms with Crippen LogP contribution in [0.5, 0.6) is 0 Å². The number of ketones is 1. The monoisotopic (exact) mass is 315 g/mol. The van der Waals surface area contributed by atoms with Gasteiger partial charge in [-0.05, 0) is 18.2 Å². The van der Waals surface area contributed by atoms with Crippen molar-refractivity contribution in [3.05, 3.63) is 33.8 Å². The summed E-state index contributed by atoms with van der Waals surface area (Å²) in [7, 11) is 0. The molecule has 1 fully saturated rings. The standard InChI is InChI=1S/C14H15Cl2NO3/c15-11-2-1-10(9-12(11)16)13(18)3-4-14(19)17-5-7-20-8-6-17/h1-2,9H,3-8H2. The predicted octanol–water partition coefficient (Wildman–Crippen LogP) is 2.82. The van der Waals surface area contributed by atoms with Crippen molar-refractivity contribution in [2.45, 2.75) is 12.8 Å². The maximum Gasteiger partial charge on any atom is 0.223 e. The van der Waals surface area contributed by atoms with Crippen LogP contribution in [0.25, 0.3) is 0 Å². The van der Waals surface area contributed by atoms with Crippen LogP contribution in [0.15, 0.2) is 18.2 Å². The normalized spacial score (nSPS) is 15.2. The Hall–Kier alpha value is -1.10. The van der Waals surface area contributed by atoms with Gasteiger partial charge in [0.25, 0.3) is 0 Å². The zero-order valence-corrected chi connectivity index (χ0v) is 12.4. The van der Waals surface area contributed by atoms with Gasteiger partial charge in [0.2, 0.25) is 5.91 Å². The minimum absolute atomic E-state index is 0.0123. The fraction of sp³-hybridized carbons (Fsp3) is 0.429. The van der Waals surface area contributed by atoms with E-state index in [9.17, 15) is 9.59 Å². The molecule has 6 heteroatoms. The van der Waals surface area contributed by atoms with E-state index in [1.54, 1.807) is 17.0 Å². The second kappa shape index (κ2) is 7.07. The molecule has 4 nitrogen and oxygen atoms in total. The third-order valence-corrected chi connectivity index (χ3v) is 3.91. The Kier molecular flexibility index (Phi) is 5.40. The molecule has 108 valence electrons. The van der Waals surface area contributed by atoms with Crippen molar-refractivity contribution < 1.29 is 14.3 Å². The van der Waals surface area contributed by atoms with Crippen molar-refractivity contribution in [1.29, 1.82) is 0 Å². The highest BCUT2D eigenvalue weighted by molar-refractivity contribution is 6.42. The average Bonchev–Trinajstić information content (AvgIpc) is 2.48.